The van der Waals surface area contributed by atoms with Crippen LogP contribution in [-0.2, 0) is 18.3 Å². The van der Waals surface area contributed by atoms with Crippen LogP contribution in [0.2, 0.25) is 0 Å². The maximum absolute atomic E-state index is 11.3. The summed E-state index contributed by atoms with van der Waals surface area (Å²) in [7, 11) is -19.5. The minimum Gasteiger partial charge on any atom is -0.593 e. The summed E-state index contributed by atoms with van der Waals surface area (Å²) in [6.07, 6.45) is -6.91. The van der Waals surface area contributed by atoms with Crippen LogP contribution in [0.3, 0.4) is 0 Å². The van der Waals surface area contributed by atoms with Crippen LogP contribution in [0.5, 0.6) is 0 Å². The Balaban J connectivity index is 4.14. The molecule has 14 nitrogen and oxygen atoms in total. The molecule has 4 unspecified atom stereocenters. The highest BCUT2D eigenvalue weighted by Crippen LogP contribution is 2.70. The lowest BCUT2D eigenvalue weighted by atomic mass is 9.82. The molecular formula is C6H8O14P4. The van der Waals surface area contributed by atoms with Gasteiger partial charge in [0.2, 0.25) is 0 Å². The van der Waals surface area contributed by atoms with Gasteiger partial charge in [-0.2, -0.15) is 0 Å². The molecule has 0 saturated heterocycles. The van der Waals surface area contributed by atoms with Crippen LogP contribution in [0.1, 0.15) is 0 Å². The van der Waals surface area contributed by atoms with Crippen LogP contribution >= 0.6 is 32.1 Å². The van der Waals surface area contributed by atoms with Gasteiger partial charge in [0, 0.05) is 0 Å². The Morgan fingerprint density at radius 3 is 0.917 bits per heavy atom. The summed E-state index contributed by atoms with van der Waals surface area (Å²) in [5.74, 6) is 0. The molecule has 0 aromatic rings. The molecule has 24 heavy (non-hydrogen) atoms. The van der Waals surface area contributed by atoms with E-state index >= 15 is 0 Å². The van der Waals surface area contributed by atoms with E-state index in [1.807, 2.05) is 0 Å². The summed E-state index contributed by atoms with van der Waals surface area (Å²) in [5, 5.41) is 40.3. The van der Waals surface area contributed by atoms with Gasteiger partial charge in [0.1, 0.15) is 0 Å². The van der Waals surface area contributed by atoms with Gasteiger partial charge < -0.3 is 50.2 Å². The average molecular weight is 428 g/mol. The Morgan fingerprint density at radius 1 is 0.583 bits per heavy atom. The van der Waals surface area contributed by atoms with Crippen LogP contribution in [0.4, 0.5) is 0 Å². The highest BCUT2D eigenvalue weighted by molar-refractivity contribution is 7.48. The summed E-state index contributed by atoms with van der Waals surface area (Å²) in [5.41, 5.74) is 0. The van der Waals surface area contributed by atoms with Crippen LogP contribution in [0.25, 0.3) is 0 Å². The quantitative estimate of drug-likeness (QED) is 0.227. The zero-order valence-corrected chi connectivity index (χ0v) is 14.5. The highest BCUT2D eigenvalue weighted by Gasteiger charge is 3.01. The van der Waals surface area contributed by atoms with Gasteiger partial charge >= 0.3 is 53.5 Å². The van der Waals surface area contributed by atoms with Crippen molar-refractivity contribution in [1.29, 1.82) is 0 Å². The van der Waals surface area contributed by atoms with E-state index in [-0.39, 0.29) is 0 Å². The molecule has 18 heteroatoms. The van der Waals surface area contributed by atoms with Gasteiger partial charge in [-0.05, 0) is 0 Å². The van der Waals surface area contributed by atoms with E-state index in [4.69, 9.17) is 0 Å². The lowest BCUT2D eigenvalue weighted by Crippen LogP contribution is -2.84. The first kappa shape index (κ1) is 22.0. The zero-order valence-electron chi connectivity index (χ0n) is 10.9. The van der Waals surface area contributed by atoms with Crippen molar-refractivity contribution in [3.63, 3.8) is 0 Å². The lowest BCUT2D eigenvalue weighted by Gasteiger charge is -2.48. The molecule has 0 aliphatic heterocycles. The summed E-state index contributed by atoms with van der Waals surface area (Å²) in [6.45, 7) is 0. The van der Waals surface area contributed by atoms with Crippen molar-refractivity contribution in [3.8, 4) is 0 Å². The van der Waals surface area contributed by atoms with E-state index < -0.39 is 65.7 Å². The molecule has 0 heterocycles. The maximum atomic E-state index is 11.3. The summed E-state index contributed by atoms with van der Waals surface area (Å²) in [4.78, 5) is 45.0. The van der Waals surface area contributed by atoms with Gasteiger partial charge in [0.25, 0.3) is 0 Å². The van der Waals surface area contributed by atoms with Gasteiger partial charge in [-0.3, -0.25) is 0 Å². The van der Waals surface area contributed by atoms with Crippen molar-refractivity contribution < 1.29 is 68.5 Å². The van der Waals surface area contributed by atoms with Gasteiger partial charge in [-0.25, -0.2) is 0 Å². The third kappa shape index (κ3) is 2.16. The summed E-state index contributed by atoms with van der Waals surface area (Å²) in [6, 6.07) is 0. The van der Waals surface area contributed by atoms with E-state index in [0.29, 0.717) is 0 Å². The molecule has 0 aromatic heterocycles. The van der Waals surface area contributed by atoms with E-state index in [1.54, 1.807) is 0 Å². The van der Waals surface area contributed by atoms with E-state index in [2.05, 4.69) is 0 Å². The van der Waals surface area contributed by atoms with Gasteiger partial charge in [0.05, 0.1) is 0 Å². The molecule has 0 bridgehead atoms. The predicted molar refractivity (Wildman–Crippen MR) is 62.2 cm³/mol. The smallest absolute Gasteiger partial charge is 0.419 e. The molecule has 0 spiro atoms. The average Bonchev–Trinajstić information content (AvgIpc) is 2.47. The normalized spacial score (nSPS) is 48.6. The molecular weight excluding hydrogens is 420 g/mol. The fourth-order valence-corrected chi connectivity index (χ4v) is 7.20. The number of rotatable bonds is 4. The predicted octanol–water partition coefficient (Wildman–Crippen LogP) is -6.11. The molecule has 10 atom stereocenters. The second kappa shape index (κ2) is 6.31. The molecule has 6 N–H and O–H groups in total. The Kier molecular flexibility index (Phi) is 5.80. The fraction of sp³-hybridized carbons (Fsp3) is 1.00. The molecule has 1 rings (SSSR count). The van der Waals surface area contributed by atoms with E-state index in [1.165, 1.54) is 0 Å². The topological polar surface area (TPSA) is 282 Å². The monoisotopic (exact) mass is 428 g/mol. The SMILES string of the molecule is O=[P+]([O-])[C@@]1(O)[C@](O)([P+](=O)[O-])[C@@](O)([P+](=O)[O-])[C@H](O)[C@@H](O)[C@]1(O)[P+](=O)[O-]. The minimum atomic E-state index is -4.98. The number of aliphatic hydroxyl groups excluding tert-OH is 2. The Labute approximate surface area is 135 Å². The van der Waals surface area contributed by atoms with E-state index in [9.17, 15) is 68.5 Å². The largest absolute Gasteiger partial charge is 0.593 e. The highest BCUT2D eigenvalue weighted by atomic mass is 31.1. The van der Waals surface area contributed by atoms with Crippen molar-refractivity contribution in [1.82, 2.24) is 0 Å². The van der Waals surface area contributed by atoms with E-state index in [0.717, 1.165) is 0 Å². The second-order valence-corrected chi connectivity index (χ2v) is 9.43. The Bertz CT molecular complexity index is 585. The molecule has 1 saturated carbocycles. The summed E-state index contributed by atoms with van der Waals surface area (Å²) >= 11 is 0. The minimum absolute atomic E-state index is 3.45. The van der Waals surface area contributed by atoms with Crippen molar-refractivity contribution in [2.24, 2.45) is 0 Å². The van der Waals surface area contributed by atoms with Crippen molar-refractivity contribution in [2.75, 3.05) is 0 Å². The van der Waals surface area contributed by atoms with Crippen LogP contribution in [-0.4, -0.2) is 64.2 Å². The maximum Gasteiger partial charge on any atom is 0.419 e. The van der Waals surface area contributed by atoms with Crippen molar-refractivity contribution >= 4 is 32.1 Å². The second-order valence-electron chi connectivity index (χ2n) is 4.71. The fourth-order valence-electron chi connectivity index (χ4n) is 2.36. The number of hydrogen-bond acceptors (Lipinski definition) is 14. The third-order valence-corrected chi connectivity index (χ3v) is 8.93. The standard InChI is InChI=1S/C6H8O14P4/c7-1-2(8)4(10,22(15)16)6(12,24(19)20)5(11,23(17)18)3(1,9)21(13)14/h1-2,7-12H/t1-,2-,3+,4+,5-,6-/m1/s1. The molecule has 0 amide bonds. The summed E-state index contributed by atoms with van der Waals surface area (Å²) < 4.78 is 45.0. The van der Waals surface area contributed by atoms with Gasteiger partial charge in [0.15, 0.2) is 12.2 Å². The van der Waals surface area contributed by atoms with Crippen LogP contribution < -0.4 is 19.6 Å². The van der Waals surface area contributed by atoms with Gasteiger partial charge in [-0.1, -0.05) is 18.3 Å². The molecule has 0 radical (unpaired) electrons. The molecule has 1 aliphatic rings. The molecule has 1 fully saturated rings. The molecule has 136 valence electrons. The first-order chi connectivity index (χ1) is 10.6. The lowest BCUT2D eigenvalue weighted by molar-refractivity contribution is -0.328. The molecule has 1 aliphatic carbocycles. The Morgan fingerprint density at radius 2 is 0.792 bits per heavy atom. The first-order valence-corrected chi connectivity index (χ1v) is 10.1. The zero-order chi connectivity index (χ0) is 19.5. The van der Waals surface area contributed by atoms with Crippen LogP contribution in [0.15, 0.2) is 0 Å². The third-order valence-electron chi connectivity index (χ3n) is 3.72. The number of aliphatic hydroxyl groups is 6. The van der Waals surface area contributed by atoms with Crippen molar-refractivity contribution in [2.45, 2.75) is 33.6 Å². The molecule has 0 aromatic carbocycles. The van der Waals surface area contributed by atoms with Crippen molar-refractivity contribution in [3.05, 3.63) is 0 Å². The van der Waals surface area contributed by atoms with Gasteiger partial charge in [-0.15, -0.1) is 0 Å². The number of hydrogen-bond donors (Lipinski definition) is 6. The Hall–Kier alpha value is -0.000000000000000104. The first-order valence-electron chi connectivity index (χ1n) is 5.43. The van der Waals surface area contributed by atoms with Crippen LogP contribution in [0, 0.1) is 0 Å².